The Labute approximate surface area is 43.4 Å². The Morgan fingerprint density at radius 3 is 1.40 bits per heavy atom. The fourth-order valence-electron chi connectivity index (χ4n) is 0. The number of hydrogen-bond donors (Lipinski definition) is 1. The lowest BCUT2D eigenvalue weighted by molar-refractivity contribution is -0.101. The molecule has 5 heavy (non-hydrogen) atoms. The Kier molecular flexibility index (Phi) is 138. The third kappa shape index (κ3) is 18500. The molecule has 0 aromatic rings. The van der Waals surface area contributed by atoms with Gasteiger partial charge in [0.25, 0.3) is 0 Å². The van der Waals surface area contributed by atoms with Gasteiger partial charge in [-0.3, -0.25) is 0 Å². The van der Waals surface area contributed by atoms with Crippen LogP contribution < -0.4 is 30.2 Å². The molecule has 0 atom stereocenters. The predicted molar refractivity (Wildman–Crippen MR) is 12.6 cm³/mol. The largest absolute Gasteiger partial charge is 1.00 e. The highest BCUT2D eigenvalue weighted by Gasteiger charge is 1.04. The van der Waals surface area contributed by atoms with Gasteiger partial charge in [0, 0.05) is 6.58 Å². The molecular formula is C2H4Cl2N-. The molecule has 0 spiro atoms. The Morgan fingerprint density at radius 2 is 1.40 bits per heavy atom. The molecule has 1 nitrogen and oxygen atoms in total. The summed E-state index contributed by atoms with van der Waals surface area (Å²) in [7, 11) is 0. The van der Waals surface area contributed by atoms with E-state index in [2.05, 4.69) is 12.0 Å². The molecule has 0 radical (unpaired) electrons. The maximum absolute atomic E-state index is 4.49. The molecule has 0 fully saturated rings. The minimum absolute atomic E-state index is 0. The third-order valence-corrected chi connectivity index (χ3v) is 0. The first kappa shape index (κ1) is 19.8. The van der Waals surface area contributed by atoms with Gasteiger partial charge >= 0.3 is 0 Å². The Bertz CT molecular complexity index is 28.6. The van der Waals surface area contributed by atoms with Crippen molar-refractivity contribution >= 4 is 5.87 Å². The van der Waals surface area contributed by atoms with Gasteiger partial charge in [0.15, 0.2) is 5.87 Å². The summed E-state index contributed by atoms with van der Waals surface area (Å²) in [4.78, 5) is 0. The third-order valence-electron chi connectivity index (χ3n) is 0. The van der Waals surface area contributed by atoms with Crippen molar-refractivity contribution in [3.8, 4) is 0 Å². The van der Waals surface area contributed by atoms with E-state index in [0.717, 1.165) is 0 Å². The van der Waals surface area contributed by atoms with Gasteiger partial charge in [0.2, 0.25) is 0 Å². The SMILES string of the molecule is C=C=[NH2+].[Cl-].[Cl-]. The highest BCUT2D eigenvalue weighted by Crippen LogP contribution is 0.749. The van der Waals surface area contributed by atoms with Gasteiger partial charge < -0.3 is 24.8 Å². The van der Waals surface area contributed by atoms with Crippen molar-refractivity contribution in [3.63, 3.8) is 0 Å². The Hall–Kier alpha value is 0.0300. The van der Waals surface area contributed by atoms with Crippen molar-refractivity contribution in [1.82, 2.24) is 0 Å². The van der Waals surface area contributed by atoms with Crippen LogP contribution in [0.25, 0.3) is 0 Å². The number of rotatable bonds is 0. The molecule has 0 heterocycles. The molecule has 3 heteroatoms. The molecule has 32 valence electrons. The maximum atomic E-state index is 4.49. The average Bonchev–Trinajstić information content (AvgIpc) is 0.918. The molecule has 0 bridgehead atoms. The molecule has 0 rings (SSSR count). The molecule has 0 aromatic carbocycles. The second-order valence-corrected chi connectivity index (χ2v) is 0.204. The molecule has 2 N–H and O–H groups in total. The summed E-state index contributed by atoms with van der Waals surface area (Å²) in [5, 5.41) is 4.49. The van der Waals surface area contributed by atoms with Crippen molar-refractivity contribution < 1.29 is 30.2 Å². The fourth-order valence-corrected chi connectivity index (χ4v) is 0. The monoisotopic (exact) mass is 112 g/mol. The first-order valence-electron chi connectivity index (χ1n) is 0.642. The lowest BCUT2D eigenvalue weighted by Gasteiger charge is -1.00. The quantitative estimate of drug-likeness (QED) is 0.302. The van der Waals surface area contributed by atoms with Crippen LogP contribution in [0.5, 0.6) is 0 Å². The summed E-state index contributed by atoms with van der Waals surface area (Å²) in [6, 6.07) is 0. The maximum Gasteiger partial charge on any atom is 0.155 e. The first-order valence-corrected chi connectivity index (χ1v) is 0.642. The van der Waals surface area contributed by atoms with E-state index in [-0.39, 0.29) is 24.8 Å². The smallest absolute Gasteiger partial charge is 0.155 e. The second-order valence-electron chi connectivity index (χ2n) is 0.204. The summed E-state index contributed by atoms with van der Waals surface area (Å²) in [6.07, 6.45) is 0. The first-order chi connectivity index (χ1) is 1.41. The summed E-state index contributed by atoms with van der Waals surface area (Å²) in [6.45, 7) is 3.01. The second kappa shape index (κ2) is 34.9. The zero-order valence-corrected chi connectivity index (χ0v) is 4.05. The van der Waals surface area contributed by atoms with Crippen LogP contribution in [-0.2, 0) is 0 Å². The van der Waals surface area contributed by atoms with Gasteiger partial charge in [-0.1, -0.05) is 0 Å². The van der Waals surface area contributed by atoms with Crippen molar-refractivity contribution in [2.75, 3.05) is 0 Å². The van der Waals surface area contributed by atoms with Gasteiger partial charge in [-0.15, -0.1) is 0 Å². The van der Waals surface area contributed by atoms with E-state index in [1.165, 1.54) is 0 Å². The van der Waals surface area contributed by atoms with Gasteiger partial charge in [-0.25, -0.2) is 5.41 Å². The molecular weight excluding hydrogens is 109 g/mol. The van der Waals surface area contributed by atoms with Crippen molar-refractivity contribution in [2.45, 2.75) is 0 Å². The van der Waals surface area contributed by atoms with Crippen LogP contribution in [0.15, 0.2) is 6.58 Å². The lowest BCUT2D eigenvalue weighted by Crippen LogP contribution is -3.00. The van der Waals surface area contributed by atoms with Crippen molar-refractivity contribution in [1.29, 1.82) is 0 Å². The van der Waals surface area contributed by atoms with Crippen LogP contribution in [0.2, 0.25) is 0 Å². The van der Waals surface area contributed by atoms with Crippen molar-refractivity contribution in [3.05, 3.63) is 6.58 Å². The number of nitrogens with two attached hydrogens (primary N) is 1. The molecule has 0 aromatic heterocycles. The Morgan fingerprint density at radius 1 is 1.40 bits per heavy atom. The van der Waals surface area contributed by atoms with E-state index in [4.69, 9.17) is 0 Å². The van der Waals surface area contributed by atoms with Gasteiger partial charge in [0.1, 0.15) is 0 Å². The topological polar surface area (TPSA) is 25.6 Å². The van der Waals surface area contributed by atoms with Gasteiger partial charge in [-0.2, -0.15) is 0 Å². The summed E-state index contributed by atoms with van der Waals surface area (Å²) in [5.41, 5.74) is 0. The standard InChI is InChI=1S/C2H3N.2ClH/c1-2-3;;/h3H,1H2;2*1H/p-1. The zero-order chi connectivity index (χ0) is 2.71. The van der Waals surface area contributed by atoms with Crippen LogP contribution in [-0.4, -0.2) is 5.87 Å². The summed E-state index contributed by atoms with van der Waals surface area (Å²) in [5.74, 6) is 2.00. The van der Waals surface area contributed by atoms with E-state index in [9.17, 15) is 0 Å². The molecule has 0 saturated heterocycles. The van der Waals surface area contributed by atoms with Crippen LogP contribution in [0.1, 0.15) is 0 Å². The van der Waals surface area contributed by atoms with E-state index >= 15 is 0 Å². The van der Waals surface area contributed by atoms with Crippen LogP contribution >= 0.6 is 0 Å². The summed E-state index contributed by atoms with van der Waals surface area (Å²) >= 11 is 0. The van der Waals surface area contributed by atoms with E-state index in [1.54, 1.807) is 0 Å². The summed E-state index contributed by atoms with van der Waals surface area (Å²) < 4.78 is 0. The molecule has 0 saturated carbocycles. The predicted octanol–water partition coefficient (Wildman–Crippen LogP) is -7.39. The number of hydrogen-bond acceptors (Lipinski definition) is 0. The number of halogens is 2. The van der Waals surface area contributed by atoms with E-state index in [1.807, 2.05) is 5.87 Å². The zero-order valence-electron chi connectivity index (χ0n) is 2.54. The van der Waals surface area contributed by atoms with Gasteiger partial charge in [0.05, 0.1) is 0 Å². The van der Waals surface area contributed by atoms with E-state index in [0.29, 0.717) is 0 Å². The van der Waals surface area contributed by atoms with Crippen LogP contribution in [0.3, 0.4) is 0 Å². The normalized spacial score (nSPS) is 1.60. The average molecular weight is 113 g/mol. The highest BCUT2D eigenvalue weighted by molar-refractivity contribution is 5.37. The highest BCUT2D eigenvalue weighted by atomic mass is 35.5. The molecule has 0 aliphatic rings. The molecule has 0 aliphatic heterocycles. The molecule has 0 aliphatic carbocycles. The minimum atomic E-state index is 0. The molecule has 0 unspecified atom stereocenters. The van der Waals surface area contributed by atoms with Crippen molar-refractivity contribution in [2.24, 2.45) is 0 Å². The fraction of sp³-hybridized carbons (Fsp3) is 0. The van der Waals surface area contributed by atoms with Crippen LogP contribution in [0, 0.1) is 0 Å². The van der Waals surface area contributed by atoms with E-state index < -0.39 is 0 Å². The molecule has 0 amide bonds. The lowest BCUT2D eigenvalue weighted by atomic mass is 11.2. The van der Waals surface area contributed by atoms with Crippen LogP contribution in [0.4, 0.5) is 0 Å². The van der Waals surface area contributed by atoms with Gasteiger partial charge in [-0.05, 0) is 0 Å². The minimum Gasteiger partial charge on any atom is -1.00 e. The Balaban J connectivity index is -0.0000000200.